The van der Waals surface area contributed by atoms with Gasteiger partial charge in [0.2, 0.25) is 0 Å². The molecule has 2 aromatic carbocycles. The highest BCUT2D eigenvalue weighted by Gasteiger charge is 2.07. The van der Waals surface area contributed by atoms with Crippen molar-refractivity contribution in [3.05, 3.63) is 66.7 Å². The molecule has 0 amide bonds. The summed E-state index contributed by atoms with van der Waals surface area (Å²) >= 11 is 0. The maximum absolute atomic E-state index is 9.09. The third-order valence-corrected chi connectivity index (χ3v) is 3.37. The van der Waals surface area contributed by atoms with Gasteiger partial charge in [0, 0.05) is 12.2 Å². The molecule has 0 unspecified atom stereocenters. The second-order valence-electron chi connectivity index (χ2n) is 5.11. The predicted molar refractivity (Wildman–Crippen MR) is 92.3 cm³/mol. The van der Waals surface area contributed by atoms with E-state index >= 15 is 0 Å². The number of unbranched alkanes of at least 4 members (excludes halogenated alkanes) is 1. The van der Waals surface area contributed by atoms with Crippen LogP contribution in [0, 0.1) is 11.3 Å². The highest BCUT2D eigenvalue weighted by Crippen LogP contribution is 2.31. The van der Waals surface area contributed by atoms with Crippen LogP contribution in [0.4, 0.5) is 0 Å². The highest BCUT2D eigenvalue weighted by atomic mass is 16.5. The Morgan fingerprint density at radius 3 is 2.57 bits per heavy atom. The van der Waals surface area contributed by atoms with Gasteiger partial charge >= 0.3 is 0 Å². The van der Waals surface area contributed by atoms with Gasteiger partial charge in [-0.3, -0.25) is 0 Å². The van der Waals surface area contributed by atoms with Crippen LogP contribution in [0.25, 0.3) is 11.1 Å². The zero-order chi connectivity index (χ0) is 16.3. The molecule has 118 valence electrons. The van der Waals surface area contributed by atoms with E-state index in [-0.39, 0.29) is 0 Å². The number of benzene rings is 2. The normalized spacial score (nSPS) is 10.0. The van der Waals surface area contributed by atoms with Gasteiger partial charge in [-0.05, 0) is 36.6 Å². The van der Waals surface area contributed by atoms with Gasteiger partial charge in [-0.2, -0.15) is 5.26 Å². The summed E-state index contributed by atoms with van der Waals surface area (Å²) in [5, 5.41) is 9.09. The molecule has 0 bridgehead atoms. The van der Waals surface area contributed by atoms with Gasteiger partial charge < -0.3 is 9.47 Å². The summed E-state index contributed by atoms with van der Waals surface area (Å²) in [6, 6.07) is 17.8. The fraction of sp³-hybridized carbons (Fsp3) is 0.250. The Hall–Kier alpha value is -2.57. The fourth-order valence-electron chi connectivity index (χ4n) is 2.22. The zero-order valence-corrected chi connectivity index (χ0v) is 13.2. The van der Waals surface area contributed by atoms with E-state index in [0.29, 0.717) is 25.4 Å². The van der Waals surface area contributed by atoms with E-state index in [1.807, 2.05) is 42.5 Å². The molecule has 0 aliphatic rings. The molecule has 0 aromatic heterocycles. The van der Waals surface area contributed by atoms with Gasteiger partial charge in [0.25, 0.3) is 0 Å². The monoisotopic (exact) mass is 307 g/mol. The van der Waals surface area contributed by atoms with Crippen molar-refractivity contribution >= 4 is 0 Å². The van der Waals surface area contributed by atoms with Crippen LogP contribution in [0.3, 0.4) is 0 Å². The van der Waals surface area contributed by atoms with Crippen molar-refractivity contribution in [3.8, 4) is 22.9 Å². The standard InChI is InChI=1S/C20H21NO2/c1-2-12-22-13-6-7-14-23-20-15-17(16-21)10-11-19(20)18-8-4-3-5-9-18/h2-5,8-11,15H,1,6-7,12-14H2. The molecule has 0 spiro atoms. The summed E-state index contributed by atoms with van der Waals surface area (Å²) in [5.74, 6) is 0.752. The van der Waals surface area contributed by atoms with E-state index in [0.717, 1.165) is 29.7 Å². The number of hydrogen-bond acceptors (Lipinski definition) is 3. The van der Waals surface area contributed by atoms with E-state index in [9.17, 15) is 0 Å². The highest BCUT2D eigenvalue weighted by molar-refractivity contribution is 5.71. The Kier molecular flexibility index (Phi) is 6.90. The Balaban J connectivity index is 1.99. The lowest BCUT2D eigenvalue weighted by Gasteiger charge is -2.12. The van der Waals surface area contributed by atoms with Crippen LogP contribution in [-0.2, 0) is 4.74 Å². The zero-order valence-electron chi connectivity index (χ0n) is 13.2. The van der Waals surface area contributed by atoms with E-state index in [1.165, 1.54) is 0 Å². The maximum atomic E-state index is 9.09. The molecule has 0 aliphatic heterocycles. The summed E-state index contributed by atoms with van der Waals surface area (Å²) in [6.07, 6.45) is 3.59. The van der Waals surface area contributed by atoms with E-state index in [4.69, 9.17) is 14.7 Å². The first-order valence-corrected chi connectivity index (χ1v) is 7.76. The minimum Gasteiger partial charge on any atom is -0.493 e. The first-order valence-electron chi connectivity index (χ1n) is 7.76. The van der Waals surface area contributed by atoms with Crippen LogP contribution in [0.1, 0.15) is 18.4 Å². The number of nitriles is 1. The first-order chi connectivity index (χ1) is 11.3. The molecule has 0 atom stereocenters. The molecule has 3 heteroatoms. The Labute approximate surface area is 137 Å². The van der Waals surface area contributed by atoms with E-state index in [1.54, 1.807) is 12.1 Å². The molecule has 0 saturated carbocycles. The van der Waals surface area contributed by atoms with Crippen LogP contribution in [-0.4, -0.2) is 19.8 Å². The van der Waals surface area contributed by atoms with Crippen molar-refractivity contribution in [2.45, 2.75) is 12.8 Å². The summed E-state index contributed by atoms with van der Waals surface area (Å²) < 4.78 is 11.3. The minimum atomic E-state index is 0.587. The number of ether oxygens (including phenoxy) is 2. The van der Waals surface area contributed by atoms with Crippen molar-refractivity contribution in [2.75, 3.05) is 19.8 Å². The second kappa shape index (κ2) is 9.45. The van der Waals surface area contributed by atoms with Crippen LogP contribution < -0.4 is 4.74 Å². The average Bonchev–Trinajstić information content (AvgIpc) is 2.61. The molecule has 0 aliphatic carbocycles. The molecular formula is C20H21NO2. The topological polar surface area (TPSA) is 42.2 Å². The van der Waals surface area contributed by atoms with Crippen LogP contribution in [0.5, 0.6) is 5.75 Å². The summed E-state index contributed by atoms with van der Waals surface area (Å²) in [4.78, 5) is 0. The predicted octanol–water partition coefficient (Wildman–Crippen LogP) is 4.59. The fourth-order valence-corrected chi connectivity index (χ4v) is 2.22. The number of nitrogens with zero attached hydrogens (tertiary/aromatic N) is 1. The molecule has 0 heterocycles. The summed E-state index contributed by atoms with van der Waals surface area (Å²) in [7, 11) is 0. The molecule has 3 nitrogen and oxygen atoms in total. The maximum Gasteiger partial charge on any atom is 0.128 e. The average molecular weight is 307 g/mol. The summed E-state index contributed by atoms with van der Waals surface area (Å²) in [6.45, 7) is 5.51. The molecular weight excluding hydrogens is 286 g/mol. The number of hydrogen-bond donors (Lipinski definition) is 0. The van der Waals surface area contributed by atoms with Crippen LogP contribution >= 0.6 is 0 Å². The van der Waals surface area contributed by atoms with Crippen LogP contribution in [0.2, 0.25) is 0 Å². The Morgan fingerprint density at radius 2 is 1.83 bits per heavy atom. The third kappa shape index (κ3) is 5.28. The van der Waals surface area contributed by atoms with Gasteiger partial charge in [-0.25, -0.2) is 0 Å². The molecule has 2 aromatic rings. The van der Waals surface area contributed by atoms with Crippen molar-refractivity contribution < 1.29 is 9.47 Å². The van der Waals surface area contributed by atoms with Crippen molar-refractivity contribution in [1.29, 1.82) is 5.26 Å². The van der Waals surface area contributed by atoms with Crippen molar-refractivity contribution in [1.82, 2.24) is 0 Å². The molecule has 2 rings (SSSR count). The van der Waals surface area contributed by atoms with Gasteiger partial charge in [0.15, 0.2) is 0 Å². The smallest absolute Gasteiger partial charge is 0.128 e. The van der Waals surface area contributed by atoms with Gasteiger partial charge in [-0.1, -0.05) is 36.4 Å². The Bertz CT molecular complexity index is 659. The second-order valence-corrected chi connectivity index (χ2v) is 5.11. The van der Waals surface area contributed by atoms with Gasteiger partial charge in [-0.15, -0.1) is 6.58 Å². The molecule has 0 radical (unpaired) electrons. The van der Waals surface area contributed by atoms with Crippen molar-refractivity contribution in [3.63, 3.8) is 0 Å². The molecule has 23 heavy (non-hydrogen) atoms. The summed E-state index contributed by atoms with van der Waals surface area (Å²) in [5.41, 5.74) is 2.70. The molecule has 0 fully saturated rings. The lowest BCUT2D eigenvalue weighted by Crippen LogP contribution is -2.02. The molecule has 0 N–H and O–H groups in total. The molecule has 0 saturated heterocycles. The quantitative estimate of drug-likeness (QED) is 0.503. The minimum absolute atomic E-state index is 0.587. The third-order valence-electron chi connectivity index (χ3n) is 3.37. The Morgan fingerprint density at radius 1 is 1.04 bits per heavy atom. The van der Waals surface area contributed by atoms with Gasteiger partial charge in [0.05, 0.1) is 24.8 Å². The SMILES string of the molecule is C=CCOCCCCOc1cc(C#N)ccc1-c1ccccc1. The van der Waals surface area contributed by atoms with Crippen molar-refractivity contribution in [2.24, 2.45) is 0 Å². The lowest BCUT2D eigenvalue weighted by atomic mass is 10.0. The van der Waals surface area contributed by atoms with Crippen LogP contribution in [0.15, 0.2) is 61.2 Å². The first kappa shape index (κ1) is 16.8. The lowest BCUT2D eigenvalue weighted by molar-refractivity contribution is 0.152. The van der Waals surface area contributed by atoms with Gasteiger partial charge in [0.1, 0.15) is 5.75 Å². The van der Waals surface area contributed by atoms with E-state index in [2.05, 4.69) is 12.6 Å². The largest absolute Gasteiger partial charge is 0.493 e. The number of rotatable bonds is 9. The van der Waals surface area contributed by atoms with E-state index < -0.39 is 0 Å².